The number of anilines is 2. The Kier molecular flexibility index (Phi) is 12.7. The summed E-state index contributed by atoms with van der Waals surface area (Å²) in [6.45, 7) is 3.33. The Labute approximate surface area is 318 Å². The molecule has 1 saturated heterocycles. The number of phenolic OH excluding ortho intramolecular Hbond substituents is 1. The number of nitrogen functional groups attached to an aromatic ring is 1. The van der Waals surface area contributed by atoms with Gasteiger partial charge in [0.25, 0.3) is 11.5 Å². The molecule has 1 unspecified atom stereocenters. The largest absolute Gasteiger partial charge is 0.507 e. The summed E-state index contributed by atoms with van der Waals surface area (Å²) in [4.78, 5) is 55.1. The van der Waals surface area contributed by atoms with E-state index in [-0.39, 0.29) is 41.8 Å². The SMILES string of the molecule is Cc1nc2cccc(NCCCCCCCCNC(=O)c3ccc(CCOc4cc(-c5ccccc5O)nnc4N)cc3)c2c(=O)n1C1CCC(=O)NC1=O. The molecule has 1 fully saturated rings. The molecule has 286 valence electrons. The number of nitrogens with zero attached hydrogens (tertiary/aromatic N) is 4. The predicted molar refractivity (Wildman–Crippen MR) is 210 cm³/mol. The van der Waals surface area contributed by atoms with Crippen LogP contribution in [0.1, 0.15) is 79.2 Å². The maximum atomic E-state index is 13.6. The van der Waals surface area contributed by atoms with Crippen molar-refractivity contribution < 1.29 is 24.2 Å². The van der Waals surface area contributed by atoms with Crippen LogP contribution in [-0.4, -0.2) is 62.3 Å². The van der Waals surface area contributed by atoms with Crippen LogP contribution in [0.4, 0.5) is 11.5 Å². The molecule has 0 saturated carbocycles. The van der Waals surface area contributed by atoms with E-state index in [1.807, 2.05) is 24.3 Å². The van der Waals surface area contributed by atoms with Crippen LogP contribution in [0.15, 0.2) is 77.6 Å². The number of amides is 3. The van der Waals surface area contributed by atoms with Gasteiger partial charge in [0.15, 0.2) is 11.6 Å². The predicted octanol–water partition coefficient (Wildman–Crippen LogP) is 5.23. The molecule has 5 aromatic rings. The van der Waals surface area contributed by atoms with Gasteiger partial charge >= 0.3 is 0 Å². The van der Waals surface area contributed by atoms with Crippen LogP contribution < -0.4 is 32.0 Å². The quantitative estimate of drug-likeness (QED) is 0.0616. The molecule has 0 bridgehead atoms. The van der Waals surface area contributed by atoms with Crippen molar-refractivity contribution in [3.8, 4) is 22.8 Å². The molecule has 1 aliphatic rings. The third-order valence-corrected chi connectivity index (χ3v) is 9.66. The minimum absolute atomic E-state index is 0.0912. The molecular weight excluding hydrogens is 701 g/mol. The molecule has 55 heavy (non-hydrogen) atoms. The normalized spacial score (nSPS) is 14.1. The van der Waals surface area contributed by atoms with Crippen molar-refractivity contribution in [2.75, 3.05) is 30.7 Å². The lowest BCUT2D eigenvalue weighted by Crippen LogP contribution is -2.45. The van der Waals surface area contributed by atoms with E-state index in [1.165, 1.54) is 4.57 Å². The number of piperidine rings is 1. The Hall–Kier alpha value is -6.31. The van der Waals surface area contributed by atoms with Crippen LogP contribution in [0.2, 0.25) is 0 Å². The number of aryl methyl sites for hydroxylation is 1. The van der Waals surface area contributed by atoms with Crippen LogP contribution in [0.25, 0.3) is 22.2 Å². The molecule has 1 aliphatic heterocycles. The number of fused-ring (bicyclic) bond motifs is 1. The number of hydrogen-bond donors (Lipinski definition) is 5. The van der Waals surface area contributed by atoms with Gasteiger partial charge in [0.05, 0.1) is 17.5 Å². The summed E-state index contributed by atoms with van der Waals surface area (Å²) in [7, 11) is 0. The van der Waals surface area contributed by atoms with Gasteiger partial charge in [0.2, 0.25) is 11.8 Å². The van der Waals surface area contributed by atoms with Gasteiger partial charge in [-0.15, -0.1) is 10.2 Å². The zero-order chi connectivity index (χ0) is 38.7. The average molecular weight is 747 g/mol. The molecule has 6 N–H and O–H groups in total. The Morgan fingerprint density at radius 1 is 0.945 bits per heavy atom. The number of carbonyl (C=O) groups excluding carboxylic acids is 3. The van der Waals surface area contributed by atoms with Gasteiger partial charge in [-0.05, 0) is 68.1 Å². The van der Waals surface area contributed by atoms with Crippen molar-refractivity contribution in [1.82, 2.24) is 30.4 Å². The zero-order valence-corrected chi connectivity index (χ0v) is 30.8. The number of aromatic nitrogens is 4. The molecule has 3 heterocycles. The first kappa shape index (κ1) is 38.4. The number of phenols is 1. The van der Waals surface area contributed by atoms with Crippen LogP contribution >= 0.6 is 0 Å². The molecule has 0 spiro atoms. The first-order chi connectivity index (χ1) is 26.7. The summed E-state index contributed by atoms with van der Waals surface area (Å²) in [6, 6.07) is 20.7. The molecule has 3 aromatic carbocycles. The standard InChI is InChI=1S/C41H46N8O6/c1-26-45-31-13-10-12-30(37(31)41(54)49(26)33-19-20-36(51)46-40(33)53)43-22-8-4-2-3-5-9-23-44-39(52)28-17-15-27(16-18-28)21-24-55-35-25-32(47-48-38(35)42)29-11-6-7-14-34(29)50/h6-7,10-18,25,33,43,50H,2-5,8-9,19-24H2,1H3,(H2,42,48)(H,44,52)(H,46,51,53). The number of rotatable bonds is 17. The highest BCUT2D eigenvalue weighted by Crippen LogP contribution is 2.31. The fourth-order valence-corrected chi connectivity index (χ4v) is 6.70. The minimum atomic E-state index is -0.764. The van der Waals surface area contributed by atoms with Gasteiger partial charge in [0.1, 0.15) is 23.3 Å². The van der Waals surface area contributed by atoms with E-state index in [9.17, 15) is 24.3 Å². The fourth-order valence-electron chi connectivity index (χ4n) is 6.70. The summed E-state index contributed by atoms with van der Waals surface area (Å²) in [5.41, 5.74) is 9.51. The summed E-state index contributed by atoms with van der Waals surface area (Å²) in [5, 5.41) is 27.3. The van der Waals surface area contributed by atoms with Crippen molar-refractivity contribution in [3.05, 3.63) is 100 Å². The van der Waals surface area contributed by atoms with Gasteiger partial charge in [-0.1, -0.05) is 56.0 Å². The van der Waals surface area contributed by atoms with Crippen molar-refractivity contribution in [2.24, 2.45) is 0 Å². The number of imide groups is 1. The van der Waals surface area contributed by atoms with E-state index in [1.54, 1.807) is 55.5 Å². The zero-order valence-electron chi connectivity index (χ0n) is 30.8. The fraction of sp³-hybridized carbons (Fsp3) is 0.341. The summed E-state index contributed by atoms with van der Waals surface area (Å²) >= 11 is 0. The van der Waals surface area contributed by atoms with E-state index in [2.05, 4.69) is 31.1 Å². The monoisotopic (exact) mass is 746 g/mol. The second-order valence-corrected chi connectivity index (χ2v) is 13.6. The molecule has 6 rings (SSSR count). The number of benzene rings is 3. The molecule has 0 radical (unpaired) electrons. The van der Waals surface area contributed by atoms with Crippen molar-refractivity contribution >= 4 is 40.1 Å². The molecule has 14 heteroatoms. The van der Waals surface area contributed by atoms with E-state index in [0.717, 1.165) is 44.1 Å². The van der Waals surface area contributed by atoms with Gasteiger partial charge < -0.3 is 26.2 Å². The van der Waals surface area contributed by atoms with Crippen LogP contribution in [0.3, 0.4) is 0 Å². The third-order valence-electron chi connectivity index (χ3n) is 9.66. The minimum Gasteiger partial charge on any atom is -0.507 e. The summed E-state index contributed by atoms with van der Waals surface area (Å²) in [5.74, 6) is 0.159. The lowest BCUT2D eigenvalue weighted by atomic mass is 10.1. The average Bonchev–Trinajstić information content (AvgIpc) is 3.17. The maximum Gasteiger partial charge on any atom is 0.264 e. The van der Waals surface area contributed by atoms with E-state index in [4.69, 9.17) is 10.5 Å². The number of nitrogens with one attached hydrogen (secondary N) is 3. The number of unbranched alkanes of at least 4 members (excludes halogenated alkanes) is 5. The van der Waals surface area contributed by atoms with E-state index < -0.39 is 11.9 Å². The summed E-state index contributed by atoms with van der Waals surface area (Å²) < 4.78 is 7.28. The van der Waals surface area contributed by atoms with Gasteiger partial charge in [-0.25, -0.2) is 4.98 Å². The lowest BCUT2D eigenvalue weighted by Gasteiger charge is -2.24. The van der Waals surface area contributed by atoms with Crippen LogP contribution in [0, 0.1) is 6.92 Å². The lowest BCUT2D eigenvalue weighted by molar-refractivity contribution is -0.135. The molecule has 2 aromatic heterocycles. The molecular formula is C41H46N8O6. The summed E-state index contributed by atoms with van der Waals surface area (Å²) in [6.07, 6.45) is 6.99. The first-order valence-electron chi connectivity index (χ1n) is 18.7. The van der Waals surface area contributed by atoms with Gasteiger partial charge in [0, 0.05) is 48.8 Å². The first-order valence-corrected chi connectivity index (χ1v) is 18.7. The number of ether oxygens (including phenoxy) is 1. The van der Waals surface area contributed by atoms with Crippen LogP contribution in [0.5, 0.6) is 11.5 Å². The third kappa shape index (κ3) is 9.63. The number of aromatic hydroxyl groups is 1. The van der Waals surface area contributed by atoms with Crippen molar-refractivity contribution in [2.45, 2.75) is 70.8 Å². The van der Waals surface area contributed by atoms with Gasteiger partial charge in [-0.3, -0.25) is 29.1 Å². The van der Waals surface area contributed by atoms with E-state index in [0.29, 0.717) is 71.1 Å². The van der Waals surface area contributed by atoms with Crippen molar-refractivity contribution in [3.63, 3.8) is 0 Å². The number of para-hydroxylation sites is 1. The van der Waals surface area contributed by atoms with Gasteiger partial charge in [-0.2, -0.15) is 0 Å². The van der Waals surface area contributed by atoms with E-state index >= 15 is 0 Å². The van der Waals surface area contributed by atoms with Crippen LogP contribution in [-0.2, 0) is 16.0 Å². The Morgan fingerprint density at radius 2 is 1.69 bits per heavy atom. The topological polar surface area (TPSA) is 203 Å². The molecule has 14 nitrogen and oxygen atoms in total. The number of nitrogens with two attached hydrogens (primary N) is 1. The molecule has 0 aliphatic carbocycles. The second kappa shape index (κ2) is 18.1. The second-order valence-electron chi connectivity index (χ2n) is 13.6. The Bertz CT molecular complexity index is 2220. The Morgan fingerprint density at radius 3 is 2.45 bits per heavy atom. The Balaban J connectivity index is 0.864. The number of carbonyl (C=O) groups is 3. The highest BCUT2D eigenvalue weighted by molar-refractivity contribution is 6.00. The van der Waals surface area contributed by atoms with Crippen molar-refractivity contribution in [1.29, 1.82) is 0 Å². The molecule has 3 amide bonds. The molecule has 1 atom stereocenters. The highest BCUT2D eigenvalue weighted by atomic mass is 16.5. The number of hydrogen-bond acceptors (Lipinski definition) is 11. The smallest absolute Gasteiger partial charge is 0.264 e. The maximum absolute atomic E-state index is 13.6. The highest BCUT2D eigenvalue weighted by Gasteiger charge is 2.30.